The minimum atomic E-state index is 0.116. The van der Waals surface area contributed by atoms with Gasteiger partial charge in [0.05, 0.1) is 0 Å². The maximum Gasteiger partial charge on any atom is 0.228 e. The largest absolute Gasteiger partial charge is 0.352 e. The normalized spacial score (nSPS) is 12.5. The van der Waals surface area contributed by atoms with Crippen molar-refractivity contribution in [2.24, 2.45) is 0 Å². The van der Waals surface area contributed by atoms with Crippen molar-refractivity contribution >= 4 is 29.2 Å². The summed E-state index contributed by atoms with van der Waals surface area (Å²) in [5.41, 5.74) is 0. The van der Waals surface area contributed by atoms with Gasteiger partial charge in [-0.3, -0.25) is 0 Å². The second-order valence-corrected chi connectivity index (χ2v) is 4.77. The fraction of sp³-hybridized carbons (Fsp3) is 0.727. The van der Waals surface area contributed by atoms with E-state index in [9.17, 15) is 0 Å². The minimum absolute atomic E-state index is 0.116. The first-order chi connectivity index (χ1) is 8.11. The van der Waals surface area contributed by atoms with Crippen LogP contribution in [0.5, 0.6) is 0 Å². The summed E-state index contributed by atoms with van der Waals surface area (Å²) in [5.74, 6) is 0.443. The average molecular weight is 277 g/mol. The van der Waals surface area contributed by atoms with E-state index in [-0.39, 0.29) is 10.6 Å². The van der Waals surface area contributed by atoms with Gasteiger partial charge in [-0.15, -0.1) is 0 Å². The first kappa shape index (κ1) is 14.5. The quantitative estimate of drug-likeness (QED) is 0.767. The summed E-state index contributed by atoms with van der Waals surface area (Å²) in [6, 6.07) is 0.307. The molecule has 6 heteroatoms. The third-order valence-electron chi connectivity index (χ3n) is 2.45. The monoisotopic (exact) mass is 276 g/mol. The number of anilines is 1. The van der Waals surface area contributed by atoms with Crippen LogP contribution in [0.1, 0.15) is 46.0 Å². The van der Waals surface area contributed by atoms with Crippen LogP contribution < -0.4 is 5.32 Å². The topological polar surface area (TPSA) is 50.7 Å². The number of nitrogens with one attached hydrogen (secondary N) is 1. The van der Waals surface area contributed by atoms with Crippen molar-refractivity contribution < 1.29 is 0 Å². The minimum Gasteiger partial charge on any atom is -0.352 e. The van der Waals surface area contributed by atoms with E-state index in [1.807, 2.05) is 0 Å². The van der Waals surface area contributed by atoms with Crippen LogP contribution in [0.3, 0.4) is 0 Å². The van der Waals surface area contributed by atoms with Crippen molar-refractivity contribution in [3.05, 3.63) is 10.6 Å². The van der Waals surface area contributed by atoms with Crippen molar-refractivity contribution in [1.82, 2.24) is 15.0 Å². The summed E-state index contributed by atoms with van der Waals surface area (Å²) in [6.45, 7) is 4.30. The van der Waals surface area contributed by atoms with Gasteiger partial charge in [0.2, 0.25) is 16.5 Å². The molecule has 0 saturated heterocycles. The smallest absolute Gasteiger partial charge is 0.228 e. The van der Waals surface area contributed by atoms with Gasteiger partial charge in [-0.1, -0.05) is 32.6 Å². The van der Waals surface area contributed by atoms with E-state index in [0.717, 1.165) is 6.42 Å². The lowest BCUT2D eigenvalue weighted by molar-refractivity contribution is 0.591. The van der Waals surface area contributed by atoms with Crippen molar-refractivity contribution in [3.63, 3.8) is 0 Å². The van der Waals surface area contributed by atoms with E-state index in [2.05, 4.69) is 34.1 Å². The zero-order valence-corrected chi connectivity index (χ0v) is 11.7. The molecule has 1 N–H and O–H groups in total. The molecule has 0 aromatic carbocycles. The van der Waals surface area contributed by atoms with Gasteiger partial charge in [-0.05, 0) is 36.5 Å². The van der Waals surface area contributed by atoms with E-state index < -0.39 is 0 Å². The van der Waals surface area contributed by atoms with E-state index in [0.29, 0.717) is 12.0 Å². The van der Waals surface area contributed by atoms with Crippen LogP contribution in [0.4, 0.5) is 5.95 Å². The lowest BCUT2D eigenvalue weighted by Crippen LogP contribution is -2.17. The molecule has 1 atom stereocenters. The van der Waals surface area contributed by atoms with E-state index in [1.165, 1.54) is 25.7 Å². The zero-order valence-electron chi connectivity index (χ0n) is 10.2. The van der Waals surface area contributed by atoms with Crippen LogP contribution in [-0.2, 0) is 0 Å². The molecule has 0 bridgehead atoms. The molecule has 1 unspecified atom stereocenters. The molecule has 0 aliphatic heterocycles. The van der Waals surface area contributed by atoms with Gasteiger partial charge in [-0.2, -0.15) is 15.0 Å². The van der Waals surface area contributed by atoms with Crippen LogP contribution in [-0.4, -0.2) is 21.0 Å². The first-order valence-corrected chi connectivity index (χ1v) is 6.71. The number of halogens is 2. The maximum absolute atomic E-state index is 5.69. The summed E-state index contributed by atoms with van der Waals surface area (Å²) in [4.78, 5) is 11.6. The van der Waals surface area contributed by atoms with Gasteiger partial charge >= 0.3 is 0 Å². The van der Waals surface area contributed by atoms with E-state index in [4.69, 9.17) is 23.2 Å². The van der Waals surface area contributed by atoms with Gasteiger partial charge in [0.25, 0.3) is 0 Å². The Hall–Kier alpha value is -0.610. The molecule has 1 aromatic rings. The molecule has 0 aliphatic carbocycles. The summed E-state index contributed by atoms with van der Waals surface area (Å²) < 4.78 is 0. The van der Waals surface area contributed by atoms with E-state index in [1.54, 1.807) is 0 Å². The molecule has 1 aromatic heterocycles. The Morgan fingerprint density at radius 3 is 2.29 bits per heavy atom. The Labute approximate surface area is 112 Å². The number of nitrogens with zero attached hydrogens (tertiary/aromatic N) is 3. The van der Waals surface area contributed by atoms with Crippen LogP contribution in [0.25, 0.3) is 0 Å². The standard InChI is InChI=1S/C11H18Cl2N4/c1-3-4-5-6-7-8(2)14-11-16-9(12)15-10(13)17-11/h8H,3-7H2,1-2H3,(H,14,15,16,17). The van der Waals surface area contributed by atoms with Crippen molar-refractivity contribution in [2.45, 2.75) is 52.0 Å². The predicted molar refractivity (Wildman–Crippen MR) is 71.7 cm³/mol. The summed E-state index contributed by atoms with van der Waals surface area (Å²) in [6.07, 6.45) is 6.09. The third-order valence-corrected chi connectivity index (χ3v) is 2.79. The lowest BCUT2D eigenvalue weighted by atomic mass is 10.1. The number of hydrogen-bond donors (Lipinski definition) is 1. The Kier molecular flexibility index (Phi) is 6.52. The second-order valence-electron chi connectivity index (χ2n) is 4.09. The molecule has 0 saturated carbocycles. The van der Waals surface area contributed by atoms with Crippen LogP contribution in [0.2, 0.25) is 10.6 Å². The van der Waals surface area contributed by atoms with Crippen molar-refractivity contribution in [2.75, 3.05) is 5.32 Å². The SMILES string of the molecule is CCCCCCC(C)Nc1nc(Cl)nc(Cl)n1. The molecular formula is C11H18Cl2N4. The van der Waals surface area contributed by atoms with Crippen molar-refractivity contribution in [1.29, 1.82) is 0 Å². The number of hydrogen-bond acceptors (Lipinski definition) is 4. The molecule has 1 heterocycles. The Morgan fingerprint density at radius 1 is 1.06 bits per heavy atom. The van der Waals surface area contributed by atoms with Crippen molar-refractivity contribution in [3.8, 4) is 0 Å². The zero-order chi connectivity index (χ0) is 12.7. The molecule has 0 fully saturated rings. The third kappa shape index (κ3) is 6.03. The number of unbranched alkanes of at least 4 members (excludes halogenated alkanes) is 3. The average Bonchev–Trinajstić information content (AvgIpc) is 2.23. The number of aromatic nitrogens is 3. The highest BCUT2D eigenvalue weighted by atomic mass is 35.5. The Morgan fingerprint density at radius 2 is 1.71 bits per heavy atom. The molecule has 96 valence electrons. The molecule has 0 aliphatic rings. The Bertz CT molecular complexity index is 326. The highest BCUT2D eigenvalue weighted by molar-refractivity contribution is 6.31. The highest BCUT2D eigenvalue weighted by Gasteiger charge is 2.06. The molecule has 0 spiro atoms. The molecule has 0 amide bonds. The lowest BCUT2D eigenvalue weighted by Gasteiger charge is -2.13. The fourth-order valence-corrected chi connectivity index (χ4v) is 1.92. The molecular weight excluding hydrogens is 259 g/mol. The van der Waals surface area contributed by atoms with Crippen LogP contribution >= 0.6 is 23.2 Å². The molecule has 1 rings (SSSR count). The predicted octanol–water partition coefficient (Wildman–Crippen LogP) is 3.95. The van der Waals surface area contributed by atoms with Crippen LogP contribution in [0, 0.1) is 0 Å². The highest BCUT2D eigenvalue weighted by Crippen LogP contribution is 2.12. The second kappa shape index (κ2) is 7.67. The maximum atomic E-state index is 5.69. The van der Waals surface area contributed by atoms with Gasteiger partial charge in [0, 0.05) is 6.04 Å². The van der Waals surface area contributed by atoms with Gasteiger partial charge in [0.1, 0.15) is 0 Å². The van der Waals surface area contributed by atoms with Crippen LogP contribution in [0.15, 0.2) is 0 Å². The molecule has 0 radical (unpaired) electrons. The molecule has 4 nitrogen and oxygen atoms in total. The first-order valence-electron chi connectivity index (χ1n) is 5.95. The van der Waals surface area contributed by atoms with Gasteiger partial charge in [-0.25, -0.2) is 0 Å². The Balaban J connectivity index is 2.36. The van der Waals surface area contributed by atoms with Gasteiger partial charge in [0.15, 0.2) is 0 Å². The number of rotatable bonds is 7. The summed E-state index contributed by atoms with van der Waals surface area (Å²) in [7, 11) is 0. The molecule has 17 heavy (non-hydrogen) atoms. The summed E-state index contributed by atoms with van der Waals surface area (Å²) in [5, 5.41) is 3.40. The summed E-state index contributed by atoms with van der Waals surface area (Å²) >= 11 is 11.4. The fourth-order valence-electron chi connectivity index (χ4n) is 1.56. The van der Waals surface area contributed by atoms with E-state index >= 15 is 0 Å². The van der Waals surface area contributed by atoms with Gasteiger partial charge < -0.3 is 5.32 Å².